The molecule has 0 spiro atoms. The Labute approximate surface area is 132 Å². The Morgan fingerprint density at radius 1 is 1.10 bits per heavy atom. The molecule has 1 unspecified atom stereocenters. The van der Waals surface area contributed by atoms with Gasteiger partial charge in [-0.25, -0.2) is 0 Å². The van der Waals surface area contributed by atoms with Crippen LogP contribution < -0.4 is 0 Å². The molecule has 0 aliphatic heterocycles. The molecule has 0 saturated heterocycles. The van der Waals surface area contributed by atoms with Crippen LogP contribution in [0.3, 0.4) is 0 Å². The molecule has 0 radical (unpaired) electrons. The van der Waals surface area contributed by atoms with Gasteiger partial charge in [0.25, 0.3) is 0 Å². The summed E-state index contributed by atoms with van der Waals surface area (Å²) in [7, 11) is 0. The molecule has 1 atom stereocenters. The van der Waals surface area contributed by atoms with E-state index in [2.05, 4.69) is 33.8 Å². The van der Waals surface area contributed by atoms with Crippen molar-refractivity contribution in [3.05, 3.63) is 11.6 Å². The van der Waals surface area contributed by atoms with E-state index in [-0.39, 0.29) is 5.97 Å². The second-order valence-electron chi connectivity index (χ2n) is 6.32. The number of esters is 1. The van der Waals surface area contributed by atoms with Crippen molar-refractivity contribution in [2.75, 3.05) is 6.61 Å². The van der Waals surface area contributed by atoms with Gasteiger partial charge in [0.1, 0.15) is 0 Å². The molecule has 0 bridgehead atoms. The third-order valence-electron chi connectivity index (χ3n) is 3.81. The van der Waals surface area contributed by atoms with Crippen molar-refractivity contribution in [3.63, 3.8) is 0 Å². The number of carbonyl (C=O) groups excluding carboxylic acids is 1. The van der Waals surface area contributed by atoms with Crippen molar-refractivity contribution in [1.29, 1.82) is 0 Å². The molecule has 0 aliphatic carbocycles. The van der Waals surface area contributed by atoms with Crippen LogP contribution in [0.2, 0.25) is 0 Å². The van der Waals surface area contributed by atoms with Crippen molar-refractivity contribution in [2.45, 2.75) is 91.9 Å². The van der Waals surface area contributed by atoms with Crippen molar-refractivity contribution < 1.29 is 9.53 Å². The summed E-state index contributed by atoms with van der Waals surface area (Å²) in [6, 6.07) is 0. The van der Waals surface area contributed by atoms with Gasteiger partial charge >= 0.3 is 5.97 Å². The van der Waals surface area contributed by atoms with Crippen molar-refractivity contribution >= 4 is 5.97 Å². The first-order chi connectivity index (χ1) is 10.1. The van der Waals surface area contributed by atoms with Crippen LogP contribution in [-0.2, 0) is 9.53 Å². The first kappa shape index (κ1) is 20.2. The van der Waals surface area contributed by atoms with Crippen LogP contribution in [0, 0.1) is 5.92 Å². The van der Waals surface area contributed by atoms with Gasteiger partial charge in [0.15, 0.2) is 0 Å². The van der Waals surface area contributed by atoms with Crippen LogP contribution >= 0.6 is 0 Å². The van der Waals surface area contributed by atoms with Crippen LogP contribution in [0.15, 0.2) is 11.6 Å². The minimum atomic E-state index is -0.0394. The molecule has 124 valence electrons. The van der Waals surface area contributed by atoms with Crippen molar-refractivity contribution in [3.8, 4) is 0 Å². The predicted octanol–water partition coefficient (Wildman–Crippen LogP) is 6.05. The van der Waals surface area contributed by atoms with Gasteiger partial charge in [0, 0.05) is 6.42 Å². The fraction of sp³-hybridized carbons (Fsp3) is 0.842. The highest BCUT2D eigenvalue weighted by molar-refractivity contribution is 5.69. The Morgan fingerprint density at radius 3 is 2.48 bits per heavy atom. The van der Waals surface area contributed by atoms with E-state index in [4.69, 9.17) is 4.74 Å². The summed E-state index contributed by atoms with van der Waals surface area (Å²) in [6.07, 6.45) is 13.4. The smallest absolute Gasteiger partial charge is 0.305 e. The minimum absolute atomic E-state index is 0.0394. The summed E-state index contributed by atoms with van der Waals surface area (Å²) in [6.45, 7) is 9.50. The number of hydrogen-bond acceptors (Lipinski definition) is 2. The second kappa shape index (κ2) is 14.2. The monoisotopic (exact) mass is 296 g/mol. The van der Waals surface area contributed by atoms with Gasteiger partial charge in [-0.2, -0.15) is 0 Å². The molecule has 0 aromatic carbocycles. The SMILES string of the molecule is CCCCCC(C)C/C(C)=C/CCCC(=O)OCCCC. The Kier molecular flexibility index (Phi) is 13.6. The van der Waals surface area contributed by atoms with E-state index in [0.29, 0.717) is 13.0 Å². The van der Waals surface area contributed by atoms with E-state index in [1.54, 1.807) is 0 Å². The maximum Gasteiger partial charge on any atom is 0.305 e. The number of rotatable bonds is 13. The molecule has 0 aromatic rings. The van der Waals surface area contributed by atoms with Crippen molar-refractivity contribution in [1.82, 2.24) is 0 Å². The van der Waals surface area contributed by atoms with E-state index >= 15 is 0 Å². The molecule has 0 saturated carbocycles. The number of hydrogen-bond donors (Lipinski definition) is 0. The third-order valence-corrected chi connectivity index (χ3v) is 3.81. The maximum absolute atomic E-state index is 11.4. The number of carbonyl (C=O) groups is 1. The molecule has 0 fully saturated rings. The molecular formula is C19H36O2. The minimum Gasteiger partial charge on any atom is -0.466 e. The number of allylic oxidation sites excluding steroid dienone is 2. The van der Waals surface area contributed by atoms with Crippen molar-refractivity contribution in [2.24, 2.45) is 5.92 Å². The van der Waals surface area contributed by atoms with Gasteiger partial charge in [0.05, 0.1) is 6.61 Å². The molecule has 0 amide bonds. The standard InChI is InChI=1S/C19H36O2/c1-5-7-9-12-17(3)16-18(4)13-10-11-14-19(20)21-15-8-6-2/h13,17H,5-12,14-16H2,1-4H3/b18-13+. The third kappa shape index (κ3) is 13.9. The summed E-state index contributed by atoms with van der Waals surface area (Å²) in [5.74, 6) is 0.745. The summed E-state index contributed by atoms with van der Waals surface area (Å²) in [5, 5.41) is 0. The van der Waals surface area contributed by atoms with E-state index in [1.807, 2.05) is 0 Å². The highest BCUT2D eigenvalue weighted by Gasteiger charge is 2.04. The van der Waals surface area contributed by atoms with Crippen LogP contribution in [-0.4, -0.2) is 12.6 Å². The van der Waals surface area contributed by atoms with Gasteiger partial charge < -0.3 is 4.74 Å². The Hall–Kier alpha value is -0.790. The molecular weight excluding hydrogens is 260 g/mol. The average molecular weight is 296 g/mol. The lowest BCUT2D eigenvalue weighted by Crippen LogP contribution is -2.05. The molecule has 0 aromatic heterocycles. The molecule has 21 heavy (non-hydrogen) atoms. The lowest BCUT2D eigenvalue weighted by molar-refractivity contribution is -0.143. The highest BCUT2D eigenvalue weighted by atomic mass is 16.5. The fourth-order valence-electron chi connectivity index (χ4n) is 2.48. The fourth-order valence-corrected chi connectivity index (χ4v) is 2.48. The highest BCUT2D eigenvalue weighted by Crippen LogP contribution is 2.18. The summed E-state index contributed by atoms with van der Waals surface area (Å²) < 4.78 is 5.15. The molecule has 2 nitrogen and oxygen atoms in total. The topological polar surface area (TPSA) is 26.3 Å². The molecule has 2 heteroatoms. The van der Waals surface area contributed by atoms with E-state index < -0.39 is 0 Å². The molecule has 0 aliphatic rings. The average Bonchev–Trinajstić information content (AvgIpc) is 2.44. The van der Waals surface area contributed by atoms with Gasteiger partial charge in [-0.3, -0.25) is 4.79 Å². The zero-order valence-corrected chi connectivity index (χ0v) is 14.7. The van der Waals surface area contributed by atoms with E-state index in [9.17, 15) is 4.79 Å². The van der Waals surface area contributed by atoms with Gasteiger partial charge in [-0.1, -0.05) is 64.5 Å². The maximum atomic E-state index is 11.4. The normalized spacial score (nSPS) is 13.2. The van der Waals surface area contributed by atoms with Gasteiger partial charge in [-0.15, -0.1) is 0 Å². The largest absolute Gasteiger partial charge is 0.466 e. The predicted molar refractivity (Wildman–Crippen MR) is 91.4 cm³/mol. The molecule has 0 heterocycles. The quantitative estimate of drug-likeness (QED) is 0.235. The lowest BCUT2D eigenvalue weighted by atomic mass is 9.95. The first-order valence-electron chi connectivity index (χ1n) is 8.91. The Bertz CT molecular complexity index is 281. The second-order valence-corrected chi connectivity index (χ2v) is 6.32. The van der Waals surface area contributed by atoms with Crippen LogP contribution in [0.25, 0.3) is 0 Å². The zero-order chi connectivity index (χ0) is 15.9. The molecule has 0 N–H and O–H groups in total. The summed E-state index contributed by atoms with van der Waals surface area (Å²) in [5.41, 5.74) is 1.47. The zero-order valence-electron chi connectivity index (χ0n) is 14.7. The van der Waals surface area contributed by atoms with Gasteiger partial charge in [-0.05, 0) is 38.5 Å². The van der Waals surface area contributed by atoms with Gasteiger partial charge in [0.2, 0.25) is 0 Å². The molecule has 0 rings (SSSR count). The number of ether oxygens (including phenoxy) is 1. The van der Waals surface area contributed by atoms with Crippen LogP contribution in [0.4, 0.5) is 0 Å². The first-order valence-corrected chi connectivity index (χ1v) is 8.91. The van der Waals surface area contributed by atoms with Crippen LogP contribution in [0.1, 0.15) is 91.9 Å². The summed E-state index contributed by atoms with van der Waals surface area (Å²) in [4.78, 5) is 11.4. The Morgan fingerprint density at radius 2 is 1.81 bits per heavy atom. The lowest BCUT2D eigenvalue weighted by Gasteiger charge is -2.11. The summed E-state index contributed by atoms with van der Waals surface area (Å²) >= 11 is 0. The van der Waals surface area contributed by atoms with E-state index in [1.165, 1.54) is 37.7 Å². The number of unbranched alkanes of at least 4 members (excludes halogenated alkanes) is 4. The Balaban J connectivity index is 3.65. The van der Waals surface area contributed by atoms with Crippen LogP contribution in [0.5, 0.6) is 0 Å². The van der Waals surface area contributed by atoms with E-state index in [0.717, 1.165) is 31.6 Å².